The SMILES string of the molecule is C[C@@H]1CCCC[C@@H]1NC(=O)[C@@H](C)N1CC=C(c2ccccc2)CC1. The molecule has 1 amide bonds. The highest BCUT2D eigenvalue weighted by atomic mass is 16.2. The van der Waals surface area contributed by atoms with E-state index in [0.717, 1.165) is 25.9 Å². The summed E-state index contributed by atoms with van der Waals surface area (Å²) in [5.41, 5.74) is 2.71. The summed E-state index contributed by atoms with van der Waals surface area (Å²) in [7, 11) is 0. The molecule has 3 heteroatoms. The van der Waals surface area contributed by atoms with Gasteiger partial charge in [0.2, 0.25) is 5.91 Å². The van der Waals surface area contributed by atoms with Gasteiger partial charge in [-0.1, -0.05) is 56.2 Å². The number of hydrogen-bond donors (Lipinski definition) is 1. The quantitative estimate of drug-likeness (QED) is 0.911. The van der Waals surface area contributed by atoms with E-state index >= 15 is 0 Å². The Hall–Kier alpha value is -1.61. The minimum absolute atomic E-state index is 0.0484. The lowest BCUT2D eigenvalue weighted by Crippen LogP contribution is -2.51. The third kappa shape index (κ3) is 4.07. The molecule has 130 valence electrons. The van der Waals surface area contributed by atoms with Crippen LogP contribution in [0.4, 0.5) is 0 Å². The first-order valence-corrected chi connectivity index (χ1v) is 9.44. The van der Waals surface area contributed by atoms with E-state index in [1.165, 1.54) is 30.4 Å². The molecule has 1 aliphatic heterocycles. The molecule has 1 aromatic rings. The summed E-state index contributed by atoms with van der Waals surface area (Å²) in [4.78, 5) is 14.9. The summed E-state index contributed by atoms with van der Waals surface area (Å²) in [6, 6.07) is 10.9. The summed E-state index contributed by atoms with van der Waals surface area (Å²) in [5.74, 6) is 0.811. The third-order valence-corrected chi connectivity index (χ3v) is 5.75. The Balaban J connectivity index is 1.55. The molecule has 0 unspecified atom stereocenters. The van der Waals surface area contributed by atoms with Crippen molar-refractivity contribution in [3.8, 4) is 0 Å². The van der Waals surface area contributed by atoms with Crippen LogP contribution >= 0.6 is 0 Å². The molecule has 1 saturated carbocycles. The van der Waals surface area contributed by atoms with Crippen LogP contribution in [0.3, 0.4) is 0 Å². The molecule has 0 bridgehead atoms. The van der Waals surface area contributed by atoms with E-state index in [1.807, 2.05) is 6.92 Å². The van der Waals surface area contributed by atoms with Crippen LogP contribution in [0.5, 0.6) is 0 Å². The van der Waals surface area contributed by atoms with Gasteiger partial charge in [-0.3, -0.25) is 9.69 Å². The molecule has 0 radical (unpaired) electrons. The fourth-order valence-electron chi connectivity index (χ4n) is 3.95. The van der Waals surface area contributed by atoms with E-state index in [2.05, 4.69) is 53.5 Å². The summed E-state index contributed by atoms with van der Waals surface area (Å²) in [6.07, 6.45) is 8.23. The topological polar surface area (TPSA) is 32.3 Å². The van der Waals surface area contributed by atoms with Crippen molar-refractivity contribution >= 4 is 11.5 Å². The smallest absolute Gasteiger partial charge is 0.237 e. The average molecular weight is 326 g/mol. The summed E-state index contributed by atoms with van der Waals surface area (Å²) in [5, 5.41) is 3.31. The second kappa shape index (κ2) is 7.98. The monoisotopic (exact) mass is 326 g/mol. The lowest BCUT2D eigenvalue weighted by Gasteiger charge is -2.34. The first-order valence-electron chi connectivity index (χ1n) is 9.44. The average Bonchev–Trinajstić information content (AvgIpc) is 2.64. The Labute approximate surface area is 146 Å². The molecule has 1 fully saturated rings. The van der Waals surface area contributed by atoms with Crippen LogP contribution in [0.15, 0.2) is 36.4 Å². The van der Waals surface area contributed by atoms with Crippen molar-refractivity contribution in [2.45, 2.75) is 58.0 Å². The van der Waals surface area contributed by atoms with Crippen LogP contribution < -0.4 is 5.32 Å². The fourth-order valence-corrected chi connectivity index (χ4v) is 3.95. The predicted molar refractivity (Wildman–Crippen MR) is 99.6 cm³/mol. The molecule has 1 heterocycles. The highest BCUT2D eigenvalue weighted by molar-refractivity contribution is 5.82. The lowest BCUT2D eigenvalue weighted by molar-refractivity contribution is -0.127. The molecule has 0 saturated heterocycles. The molecule has 3 nitrogen and oxygen atoms in total. The van der Waals surface area contributed by atoms with E-state index in [4.69, 9.17) is 0 Å². The van der Waals surface area contributed by atoms with Crippen molar-refractivity contribution in [3.05, 3.63) is 42.0 Å². The first kappa shape index (κ1) is 17.2. The number of carbonyl (C=O) groups excluding carboxylic acids is 1. The summed E-state index contributed by atoms with van der Waals surface area (Å²) in [6.45, 7) is 6.13. The van der Waals surface area contributed by atoms with Crippen LogP contribution in [-0.2, 0) is 4.79 Å². The lowest BCUT2D eigenvalue weighted by atomic mass is 9.86. The normalized spacial score (nSPS) is 26.5. The van der Waals surface area contributed by atoms with Gasteiger partial charge in [0.05, 0.1) is 6.04 Å². The van der Waals surface area contributed by atoms with Gasteiger partial charge >= 0.3 is 0 Å². The molecule has 3 rings (SSSR count). The molecule has 0 spiro atoms. The van der Waals surface area contributed by atoms with Gasteiger partial charge in [0.25, 0.3) is 0 Å². The zero-order valence-electron chi connectivity index (χ0n) is 15.0. The minimum atomic E-state index is -0.0484. The molecule has 3 atom stereocenters. The van der Waals surface area contributed by atoms with Gasteiger partial charge in [-0.05, 0) is 43.2 Å². The van der Waals surface area contributed by atoms with Crippen molar-refractivity contribution in [1.82, 2.24) is 10.2 Å². The molecular weight excluding hydrogens is 296 g/mol. The van der Waals surface area contributed by atoms with Crippen molar-refractivity contribution in [1.29, 1.82) is 0 Å². The van der Waals surface area contributed by atoms with Gasteiger partial charge in [0.1, 0.15) is 0 Å². The number of benzene rings is 1. The van der Waals surface area contributed by atoms with E-state index in [0.29, 0.717) is 12.0 Å². The van der Waals surface area contributed by atoms with E-state index < -0.39 is 0 Å². The van der Waals surface area contributed by atoms with Crippen LogP contribution in [0, 0.1) is 5.92 Å². The predicted octanol–water partition coefficient (Wildman–Crippen LogP) is 3.86. The summed E-state index contributed by atoms with van der Waals surface area (Å²) < 4.78 is 0. The highest BCUT2D eigenvalue weighted by Crippen LogP contribution is 2.25. The molecule has 24 heavy (non-hydrogen) atoms. The molecule has 1 N–H and O–H groups in total. The number of nitrogens with zero attached hydrogens (tertiary/aromatic N) is 1. The van der Waals surface area contributed by atoms with E-state index in [1.54, 1.807) is 0 Å². The standard InChI is InChI=1S/C21H30N2O/c1-16-8-6-7-11-20(16)22-21(24)17(2)23-14-12-19(13-15-23)18-9-4-3-5-10-18/h3-5,9-10,12,16-17,20H,6-8,11,13-15H2,1-2H3,(H,22,24)/t16-,17-,20+/m1/s1. The van der Waals surface area contributed by atoms with Crippen molar-refractivity contribution in [2.24, 2.45) is 5.92 Å². The third-order valence-electron chi connectivity index (χ3n) is 5.75. The number of rotatable bonds is 4. The highest BCUT2D eigenvalue weighted by Gasteiger charge is 2.28. The second-order valence-electron chi connectivity index (χ2n) is 7.39. The maximum Gasteiger partial charge on any atom is 0.237 e. The second-order valence-corrected chi connectivity index (χ2v) is 7.39. The van der Waals surface area contributed by atoms with Crippen LogP contribution in [0.25, 0.3) is 5.57 Å². The Kier molecular flexibility index (Phi) is 5.72. The Morgan fingerprint density at radius 3 is 2.62 bits per heavy atom. The Bertz CT molecular complexity index is 581. The molecule has 1 aliphatic carbocycles. The van der Waals surface area contributed by atoms with Gasteiger partial charge < -0.3 is 5.32 Å². The van der Waals surface area contributed by atoms with Gasteiger partial charge in [-0.25, -0.2) is 0 Å². The van der Waals surface area contributed by atoms with Crippen LogP contribution in [0.2, 0.25) is 0 Å². The Morgan fingerprint density at radius 2 is 1.96 bits per heavy atom. The Morgan fingerprint density at radius 1 is 1.21 bits per heavy atom. The number of carbonyl (C=O) groups is 1. The minimum Gasteiger partial charge on any atom is -0.352 e. The molecular formula is C21H30N2O. The number of hydrogen-bond acceptors (Lipinski definition) is 2. The largest absolute Gasteiger partial charge is 0.352 e. The first-order chi connectivity index (χ1) is 11.6. The summed E-state index contributed by atoms with van der Waals surface area (Å²) >= 11 is 0. The zero-order chi connectivity index (χ0) is 16.9. The van der Waals surface area contributed by atoms with Crippen molar-refractivity contribution in [3.63, 3.8) is 0 Å². The van der Waals surface area contributed by atoms with Crippen molar-refractivity contribution < 1.29 is 4.79 Å². The fraction of sp³-hybridized carbons (Fsp3) is 0.571. The maximum atomic E-state index is 12.6. The van der Waals surface area contributed by atoms with Crippen LogP contribution in [-0.4, -0.2) is 36.0 Å². The number of nitrogens with one attached hydrogen (secondary N) is 1. The van der Waals surface area contributed by atoms with Gasteiger partial charge in [0.15, 0.2) is 0 Å². The molecule has 2 aliphatic rings. The molecule has 0 aromatic heterocycles. The molecule has 1 aromatic carbocycles. The zero-order valence-corrected chi connectivity index (χ0v) is 15.0. The van der Waals surface area contributed by atoms with Gasteiger partial charge in [0, 0.05) is 19.1 Å². The van der Waals surface area contributed by atoms with Crippen LogP contribution in [0.1, 0.15) is 51.5 Å². The van der Waals surface area contributed by atoms with Crippen molar-refractivity contribution in [2.75, 3.05) is 13.1 Å². The van der Waals surface area contributed by atoms with Gasteiger partial charge in [-0.2, -0.15) is 0 Å². The van der Waals surface area contributed by atoms with E-state index in [-0.39, 0.29) is 11.9 Å². The van der Waals surface area contributed by atoms with E-state index in [9.17, 15) is 4.79 Å². The maximum absolute atomic E-state index is 12.6. The number of amides is 1. The van der Waals surface area contributed by atoms with Gasteiger partial charge in [-0.15, -0.1) is 0 Å².